The molecule has 20 heavy (non-hydrogen) atoms. The highest BCUT2D eigenvalue weighted by molar-refractivity contribution is 9.10. The van der Waals surface area contributed by atoms with Gasteiger partial charge in [-0.1, -0.05) is 11.6 Å². The minimum Gasteiger partial charge on any atom is -0.339 e. The van der Waals surface area contributed by atoms with Crippen molar-refractivity contribution in [2.75, 3.05) is 5.32 Å². The molecule has 1 aliphatic rings. The molecule has 1 aliphatic carbocycles. The first-order valence-electron chi connectivity index (χ1n) is 6.23. The predicted molar refractivity (Wildman–Crippen MR) is 80.1 cm³/mol. The van der Waals surface area contributed by atoms with Crippen molar-refractivity contribution in [2.24, 2.45) is 0 Å². The van der Waals surface area contributed by atoms with Crippen LogP contribution in [0.3, 0.4) is 0 Å². The molecule has 104 valence electrons. The quantitative estimate of drug-likeness (QED) is 0.856. The molecular formula is C13H12BrClN4O. The zero-order valence-corrected chi connectivity index (χ0v) is 13.1. The first-order chi connectivity index (χ1) is 9.52. The maximum absolute atomic E-state index is 12.3. The Labute approximate surface area is 129 Å². The Morgan fingerprint density at radius 1 is 1.45 bits per heavy atom. The van der Waals surface area contributed by atoms with Gasteiger partial charge in [-0.15, -0.1) is 0 Å². The fourth-order valence-corrected chi connectivity index (χ4v) is 2.71. The van der Waals surface area contributed by atoms with Crippen LogP contribution < -0.4 is 5.32 Å². The largest absolute Gasteiger partial charge is 0.339 e. The minimum absolute atomic E-state index is 0.222. The summed E-state index contributed by atoms with van der Waals surface area (Å²) in [4.78, 5) is 20.5. The van der Waals surface area contributed by atoms with Gasteiger partial charge in [-0.3, -0.25) is 10.1 Å². The SMILES string of the molecule is Cc1cc(Cl)nc(NC(=O)c2cc(Br)cn2C2CC2)n1. The number of rotatable bonds is 3. The van der Waals surface area contributed by atoms with Crippen LogP contribution in [0.5, 0.6) is 0 Å². The number of hydrogen-bond donors (Lipinski definition) is 1. The number of aromatic nitrogens is 3. The van der Waals surface area contributed by atoms with Gasteiger partial charge >= 0.3 is 0 Å². The molecule has 1 fully saturated rings. The lowest BCUT2D eigenvalue weighted by atomic mass is 10.4. The molecule has 1 N–H and O–H groups in total. The molecule has 1 saturated carbocycles. The average Bonchev–Trinajstić information content (AvgIpc) is 3.11. The Morgan fingerprint density at radius 3 is 2.85 bits per heavy atom. The van der Waals surface area contributed by atoms with Crippen LogP contribution in [-0.4, -0.2) is 20.4 Å². The number of carbonyl (C=O) groups excluding carboxylic acids is 1. The maximum Gasteiger partial charge on any atom is 0.274 e. The second-order valence-electron chi connectivity index (χ2n) is 4.79. The first kappa shape index (κ1) is 13.6. The van der Waals surface area contributed by atoms with Crippen LogP contribution >= 0.6 is 27.5 Å². The molecule has 0 aromatic carbocycles. The first-order valence-corrected chi connectivity index (χ1v) is 7.40. The highest BCUT2D eigenvalue weighted by atomic mass is 79.9. The Hall–Kier alpha value is -1.40. The molecule has 5 nitrogen and oxygen atoms in total. The number of nitrogens with one attached hydrogen (secondary N) is 1. The number of carbonyl (C=O) groups is 1. The van der Waals surface area contributed by atoms with Crippen molar-refractivity contribution < 1.29 is 4.79 Å². The van der Waals surface area contributed by atoms with E-state index in [1.165, 1.54) is 0 Å². The van der Waals surface area contributed by atoms with E-state index in [2.05, 4.69) is 31.2 Å². The molecule has 0 unspecified atom stereocenters. The van der Waals surface area contributed by atoms with Crippen molar-refractivity contribution in [3.05, 3.63) is 39.3 Å². The molecule has 3 rings (SSSR count). The van der Waals surface area contributed by atoms with Crippen molar-refractivity contribution in [1.29, 1.82) is 0 Å². The second-order valence-corrected chi connectivity index (χ2v) is 6.09. The van der Waals surface area contributed by atoms with Crippen molar-refractivity contribution in [3.63, 3.8) is 0 Å². The number of aryl methyl sites for hydroxylation is 1. The molecule has 0 spiro atoms. The van der Waals surface area contributed by atoms with Gasteiger partial charge in [-0.05, 0) is 47.8 Å². The van der Waals surface area contributed by atoms with Gasteiger partial charge in [0.15, 0.2) is 0 Å². The lowest BCUT2D eigenvalue weighted by Gasteiger charge is -2.08. The minimum atomic E-state index is -0.232. The van der Waals surface area contributed by atoms with Crippen molar-refractivity contribution in [1.82, 2.24) is 14.5 Å². The van der Waals surface area contributed by atoms with E-state index in [0.717, 1.165) is 17.3 Å². The summed E-state index contributed by atoms with van der Waals surface area (Å²) in [7, 11) is 0. The fourth-order valence-electron chi connectivity index (χ4n) is 2.03. The smallest absolute Gasteiger partial charge is 0.274 e. The standard InChI is InChI=1S/C13H12BrClN4O/c1-7-4-11(15)17-13(16-7)18-12(20)10-5-8(14)6-19(10)9-2-3-9/h4-6,9H,2-3H2,1H3,(H,16,17,18,20). The van der Waals surface area contributed by atoms with Crippen LogP contribution in [0.15, 0.2) is 22.8 Å². The molecule has 0 bridgehead atoms. The molecule has 0 atom stereocenters. The molecule has 2 aromatic heterocycles. The summed E-state index contributed by atoms with van der Waals surface area (Å²) in [5.74, 6) is -0.0102. The Balaban J connectivity index is 1.85. The van der Waals surface area contributed by atoms with Crippen LogP contribution in [0.1, 0.15) is 35.1 Å². The Morgan fingerprint density at radius 2 is 2.20 bits per heavy atom. The zero-order valence-electron chi connectivity index (χ0n) is 10.7. The van der Waals surface area contributed by atoms with E-state index in [1.807, 2.05) is 10.8 Å². The topological polar surface area (TPSA) is 59.8 Å². The van der Waals surface area contributed by atoms with Crippen LogP contribution in [0.25, 0.3) is 0 Å². The van der Waals surface area contributed by atoms with E-state index in [1.54, 1.807) is 19.1 Å². The molecule has 2 heterocycles. The maximum atomic E-state index is 12.3. The average molecular weight is 356 g/mol. The van der Waals surface area contributed by atoms with Gasteiger partial charge in [0.05, 0.1) is 0 Å². The molecule has 2 aromatic rings. The van der Waals surface area contributed by atoms with E-state index in [4.69, 9.17) is 11.6 Å². The van der Waals surface area contributed by atoms with Crippen molar-refractivity contribution in [3.8, 4) is 0 Å². The van der Waals surface area contributed by atoms with E-state index in [9.17, 15) is 4.79 Å². The molecule has 0 radical (unpaired) electrons. The Bertz CT molecular complexity index is 661. The fraction of sp³-hybridized carbons (Fsp3) is 0.308. The van der Waals surface area contributed by atoms with Gasteiger partial charge in [0.1, 0.15) is 10.8 Å². The van der Waals surface area contributed by atoms with Gasteiger partial charge < -0.3 is 4.57 Å². The Kier molecular flexibility index (Phi) is 3.52. The zero-order chi connectivity index (χ0) is 14.3. The molecule has 1 amide bonds. The summed E-state index contributed by atoms with van der Waals surface area (Å²) >= 11 is 9.26. The van der Waals surface area contributed by atoms with Gasteiger partial charge in [0.2, 0.25) is 5.95 Å². The number of amides is 1. The molecular weight excluding hydrogens is 344 g/mol. The van der Waals surface area contributed by atoms with Gasteiger partial charge in [-0.2, -0.15) is 0 Å². The van der Waals surface area contributed by atoms with Crippen LogP contribution in [0.2, 0.25) is 5.15 Å². The number of halogens is 2. The van der Waals surface area contributed by atoms with Gasteiger partial charge in [-0.25, -0.2) is 9.97 Å². The van der Waals surface area contributed by atoms with Crippen LogP contribution in [0.4, 0.5) is 5.95 Å². The van der Waals surface area contributed by atoms with Gasteiger partial charge in [0, 0.05) is 22.4 Å². The number of hydrogen-bond acceptors (Lipinski definition) is 3. The summed E-state index contributed by atoms with van der Waals surface area (Å²) in [6.07, 6.45) is 4.14. The normalized spacial score (nSPS) is 14.3. The van der Waals surface area contributed by atoms with Crippen LogP contribution in [-0.2, 0) is 0 Å². The third-order valence-electron chi connectivity index (χ3n) is 3.04. The lowest BCUT2D eigenvalue weighted by Crippen LogP contribution is -2.18. The highest BCUT2D eigenvalue weighted by Crippen LogP contribution is 2.37. The summed E-state index contributed by atoms with van der Waals surface area (Å²) in [5.41, 5.74) is 1.31. The lowest BCUT2D eigenvalue weighted by molar-refractivity contribution is 0.101. The monoisotopic (exact) mass is 354 g/mol. The van der Waals surface area contributed by atoms with E-state index >= 15 is 0 Å². The summed E-state index contributed by atoms with van der Waals surface area (Å²) < 4.78 is 2.87. The van der Waals surface area contributed by atoms with Crippen molar-refractivity contribution >= 4 is 39.4 Å². The third kappa shape index (κ3) is 2.86. The number of nitrogens with zero attached hydrogens (tertiary/aromatic N) is 3. The van der Waals surface area contributed by atoms with Crippen molar-refractivity contribution in [2.45, 2.75) is 25.8 Å². The summed E-state index contributed by atoms with van der Waals surface area (Å²) in [5, 5.41) is 3.00. The molecule has 0 aliphatic heterocycles. The summed E-state index contributed by atoms with van der Waals surface area (Å²) in [6.45, 7) is 1.80. The van der Waals surface area contributed by atoms with Gasteiger partial charge in [0.25, 0.3) is 5.91 Å². The highest BCUT2D eigenvalue weighted by Gasteiger charge is 2.28. The summed E-state index contributed by atoms with van der Waals surface area (Å²) in [6, 6.07) is 3.86. The number of anilines is 1. The van der Waals surface area contributed by atoms with E-state index < -0.39 is 0 Å². The molecule has 7 heteroatoms. The van der Waals surface area contributed by atoms with E-state index in [-0.39, 0.29) is 11.9 Å². The second kappa shape index (κ2) is 5.18. The van der Waals surface area contributed by atoms with Crippen LogP contribution in [0, 0.1) is 6.92 Å². The third-order valence-corrected chi connectivity index (χ3v) is 3.66. The predicted octanol–water partition coefficient (Wildman–Crippen LogP) is 3.59. The van der Waals surface area contributed by atoms with E-state index in [0.29, 0.717) is 22.6 Å². The molecule has 0 saturated heterocycles.